The van der Waals surface area contributed by atoms with Crippen LogP contribution in [0.3, 0.4) is 0 Å². The molecular weight excluding hydrogens is 702 g/mol. The number of rotatable bonds is 1. The Bertz CT molecular complexity index is 442. The van der Waals surface area contributed by atoms with Crippen LogP contribution in [-0.4, -0.2) is 0 Å². The zero-order chi connectivity index (χ0) is 9.97. The van der Waals surface area contributed by atoms with Gasteiger partial charge in [0.25, 0.3) is 0 Å². The van der Waals surface area contributed by atoms with E-state index in [1.54, 1.807) is 0 Å². The Morgan fingerprint density at radius 2 is 1.25 bits per heavy atom. The van der Waals surface area contributed by atoms with Gasteiger partial charge >= 0.3 is 0 Å². The van der Waals surface area contributed by atoms with E-state index in [-0.39, 0.29) is 196 Å². The third kappa shape index (κ3) is 13.3. The van der Waals surface area contributed by atoms with Gasteiger partial charge in [-0.05, 0) is 0 Å². The quantitative estimate of drug-likeness (QED) is 0.397. The fraction of sp³-hybridized carbons (Fsp3) is 0.143. The second-order valence-electron chi connectivity index (χ2n) is 3.56. The maximum absolute atomic E-state index is 3.25. The Balaban J connectivity index is -0.000000125. The monoisotopic (exact) mass is 714 g/mol. The molecule has 0 amide bonds. The normalized spacial score (nSPS) is 7.10. The van der Waals surface area contributed by atoms with Crippen molar-refractivity contribution in [3.63, 3.8) is 0 Å². The summed E-state index contributed by atoms with van der Waals surface area (Å²) in [5.74, 6) is 0. The number of benzene rings is 2. The van der Waals surface area contributed by atoms with Crippen molar-refractivity contribution in [1.29, 1.82) is 0 Å². The van der Waals surface area contributed by atoms with Crippen LogP contribution >= 0.6 is 0 Å². The third-order valence-corrected chi connectivity index (χ3v) is 2.22. The molecule has 0 N–H and O–H groups in total. The third-order valence-electron chi connectivity index (χ3n) is 2.22. The van der Waals surface area contributed by atoms with Crippen LogP contribution in [0.25, 0.3) is 11.1 Å². The molecule has 0 bridgehead atoms. The molecule has 0 unspecified atom stereocenters. The fourth-order valence-corrected chi connectivity index (χ4v) is 1.41. The molecule has 88 valence electrons. The largest absolute Gasteiger partial charge is 0.226 e. The SMILES string of the molecule is Cc1c[c-]c(-c2[c-]ccc(C)c2)cc1.[Y].[Y].[Y].[Y].[Y].[Y]. The number of hydrogen-bond acceptors (Lipinski definition) is 0. The molecule has 6 heteroatoms. The maximum Gasteiger partial charge on any atom is 0 e. The molecule has 0 spiro atoms. The summed E-state index contributed by atoms with van der Waals surface area (Å²) in [6.45, 7) is 4.16. The van der Waals surface area contributed by atoms with E-state index in [1.165, 1.54) is 11.1 Å². The van der Waals surface area contributed by atoms with Crippen LogP contribution in [0.15, 0.2) is 36.4 Å². The summed E-state index contributed by atoms with van der Waals surface area (Å²) < 4.78 is 0. The molecule has 20 heavy (non-hydrogen) atoms. The second kappa shape index (κ2) is 20.4. The first kappa shape index (κ1) is 36.1. The molecular formula is C14H12Y6-2. The zero-order valence-corrected chi connectivity index (χ0v) is 29.0. The molecule has 0 heterocycles. The van der Waals surface area contributed by atoms with Crippen molar-refractivity contribution in [3.05, 3.63) is 59.7 Å². The van der Waals surface area contributed by atoms with Crippen LogP contribution in [0.5, 0.6) is 0 Å². The van der Waals surface area contributed by atoms with Crippen LogP contribution in [0.4, 0.5) is 0 Å². The first-order valence-electron chi connectivity index (χ1n) is 4.73. The van der Waals surface area contributed by atoms with Gasteiger partial charge in [0.15, 0.2) is 0 Å². The summed E-state index contributed by atoms with van der Waals surface area (Å²) in [5.41, 5.74) is 4.72. The van der Waals surface area contributed by atoms with Crippen LogP contribution < -0.4 is 0 Å². The van der Waals surface area contributed by atoms with Gasteiger partial charge in [-0.2, -0.15) is 42.5 Å². The van der Waals surface area contributed by atoms with Crippen molar-refractivity contribution in [2.75, 3.05) is 0 Å². The standard InChI is InChI=1S/C14H12.6Y/c1-11-6-8-13(9-7-11)14-5-3-4-12(2)10-14;;;;;;/h3-4,6-8,10H,1-2H3;;;;;;/q-2;;;;;;. The zero-order valence-electron chi connectivity index (χ0n) is 11.9. The molecule has 0 aliphatic heterocycles. The minimum absolute atomic E-state index is 0. The Hall–Kier alpha value is 5.06. The first-order valence-corrected chi connectivity index (χ1v) is 4.73. The van der Waals surface area contributed by atoms with Gasteiger partial charge in [-0.3, -0.25) is 0 Å². The Morgan fingerprint density at radius 3 is 1.70 bits per heavy atom. The average molecular weight is 714 g/mol. The van der Waals surface area contributed by atoms with E-state index < -0.39 is 0 Å². The molecule has 0 saturated heterocycles. The van der Waals surface area contributed by atoms with Crippen LogP contribution in [0, 0.1) is 26.0 Å². The molecule has 0 aliphatic carbocycles. The summed E-state index contributed by atoms with van der Waals surface area (Å²) >= 11 is 0. The van der Waals surface area contributed by atoms with E-state index >= 15 is 0 Å². The van der Waals surface area contributed by atoms with Crippen LogP contribution in [0.2, 0.25) is 0 Å². The van der Waals surface area contributed by atoms with Gasteiger partial charge in [0.2, 0.25) is 0 Å². The van der Waals surface area contributed by atoms with Crippen molar-refractivity contribution in [3.8, 4) is 11.1 Å². The number of aryl methyl sites for hydroxylation is 2. The van der Waals surface area contributed by atoms with E-state index in [2.05, 4.69) is 50.2 Å². The molecule has 2 aromatic rings. The van der Waals surface area contributed by atoms with Crippen molar-refractivity contribution < 1.29 is 196 Å². The molecule has 0 atom stereocenters. The maximum atomic E-state index is 3.25. The molecule has 0 nitrogen and oxygen atoms in total. The van der Waals surface area contributed by atoms with E-state index in [4.69, 9.17) is 0 Å². The van der Waals surface area contributed by atoms with Gasteiger partial charge in [0, 0.05) is 196 Å². The summed E-state index contributed by atoms with van der Waals surface area (Å²) in [7, 11) is 0. The van der Waals surface area contributed by atoms with Gasteiger partial charge in [-0.25, -0.2) is 11.1 Å². The van der Waals surface area contributed by atoms with Gasteiger partial charge in [0.05, 0.1) is 0 Å². The average Bonchev–Trinajstić information content (AvgIpc) is 2.19. The van der Waals surface area contributed by atoms with E-state index in [9.17, 15) is 0 Å². The van der Waals surface area contributed by atoms with Crippen LogP contribution in [-0.2, 0) is 196 Å². The van der Waals surface area contributed by atoms with Crippen molar-refractivity contribution in [2.24, 2.45) is 0 Å². The fourth-order valence-electron chi connectivity index (χ4n) is 1.41. The number of hydrogen-bond donors (Lipinski definition) is 0. The van der Waals surface area contributed by atoms with E-state index in [0.717, 1.165) is 11.1 Å². The predicted molar refractivity (Wildman–Crippen MR) is 59.0 cm³/mol. The first-order chi connectivity index (χ1) is 6.75. The second-order valence-corrected chi connectivity index (χ2v) is 3.56. The van der Waals surface area contributed by atoms with Gasteiger partial charge in [-0.1, -0.05) is 13.8 Å². The molecule has 2 rings (SSSR count). The van der Waals surface area contributed by atoms with E-state index in [0.29, 0.717) is 0 Å². The van der Waals surface area contributed by atoms with Crippen LogP contribution in [0.1, 0.15) is 11.1 Å². The van der Waals surface area contributed by atoms with Gasteiger partial charge in [-0.15, -0.1) is 17.2 Å². The summed E-state index contributed by atoms with van der Waals surface area (Å²) in [6, 6.07) is 18.8. The molecule has 0 fully saturated rings. The van der Waals surface area contributed by atoms with Gasteiger partial charge in [0.1, 0.15) is 0 Å². The molecule has 0 aliphatic rings. The molecule has 6 radical (unpaired) electrons. The predicted octanol–water partition coefficient (Wildman–Crippen LogP) is 3.56. The van der Waals surface area contributed by atoms with Crippen molar-refractivity contribution >= 4 is 0 Å². The van der Waals surface area contributed by atoms with E-state index in [1.807, 2.05) is 12.1 Å². The molecule has 0 saturated carbocycles. The van der Waals surface area contributed by atoms with Crippen molar-refractivity contribution in [1.82, 2.24) is 0 Å². The Labute approximate surface area is 274 Å². The Morgan fingerprint density at radius 1 is 0.650 bits per heavy atom. The summed E-state index contributed by atoms with van der Waals surface area (Å²) in [6.07, 6.45) is 0. The van der Waals surface area contributed by atoms with Gasteiger partial charge < -0.3 is 0 Å². The minimum Gasteiger partial charge on any atom is -0.226 e. The topological polar surface area (TPSA) is 0 Å². The molecule has 2 aromatic carbocycles. The Kier molecular flexibility index (Phi) is 36.7. The summed E-state index contributed by atoms with van der Waals surface area (Å²) in [4.78, 5) is 0. The summed E-state index contributed by atoms with van der Waals surface area (Å²) in [5, 5.41) is 0. The molecule has 0 aromatic heterocycles. The minimum atomic E-state index is 0. The van der Waals surface area contributed by atoms with Crippen molar-refractivity contribution in [2.45, 2.75) is 13.8 Å². The smallest absolute Gasteiger partial charge is 0 e.